The van der Waals surface area contributed by atoms with Crippen LogP contribution in [0.3, 0.4) is 0 Å². The van der Waals surface area contributed by atoms with E-state index >= 15 is 0 Å². The number of benzene rings is 1. The SMILES string of the molecule is O=C(Oc1ccccc1-c1nc2ccc(Br)cn2c1NC1CCCCC1)C1CCCCC1. The molecule has 32 heavy (non-hydrogen) atoms. The molecule has 0 unspecified atom stereocenters. The van der Waals surface area contributed by atoms with E-state index in [1.54, 1.807) is 0 Å². The number of halogens is 1. The van der Waals surface area contributed by atoms with Crippen molar-refractivity contribution in [1.82, 2.24) is 9.38 Å². The first-order valence-electron chi connectivity index (χ1n) is 11.9. The normalized spacial score (nSPS) is 18.0. The Labute approximate surface area is 197 Å². The highest BCUT2D eigenvalue weighted by atomic mass is 79.9. The number of hydrogen-bond acceptors (Lipinski definition) is 4. The molecule has 1 aromatic carbocycles. The lowest BCUT2D eigenvalue weighted by Crippen LogP contribution is -2.24. The zero-order chi connectivity index (χ0) is 21.9. The van der Waals surface area contributed by atoms with Gasteiger partial charge < -0.3 is 10.1 Å². The number of anilines is 1. The first-order valence-corrected chi connectivity index (χ1v) is 12.7. The second-order valence-corrected chi connectivity index (χ2v) is 10.0. The topological polar surface area (TPSA) is 55.6 Å². The summed E-state index contributed by atoms with van der Waals surface area (Å²) in [5.41, 5.74) is 2.56. The summed E-state index contributed by atoms with van der Waals surface area (Å²) in [7, 11) is 0. The maximum Gasteiger partial charge on any atom is 0.314 e. The van der Waals surface area contributed by atoms with E-state index in [0.29, 0.717) is 11.8 Å². The summed E-state index contributed by atoms with van der Waals surface area (Å²) in [6, 6.07) is 12.2. The molecule has 2 fully saturated rings. The average Bonchev–Trinajstić information content (AvgIpc) is 3.18. The number of esters is 1. The van der Waals surface area contributed by atoms with Gasteiger partial charge in [-0.1, -0.05) is 50.7 Å². The maximum atomic E-state index is 12.9. The van der Waals surface area contributed by atoms with Gasteiger partial charge in [-0.2, -0.15) is 0 Å². The highest BCUT2D eigenvalue weighted by Gasteiger charge is 2.26. The zero-order valence-corrected chi connectivity index (χ0v) is 19.9. The van der Waals surface area contributed by atoms with Gasteiger partial charge in [0, 0.05) is 22.3 Å². The van der Waals surface area contributed by atoms with Gasteiger partial charge in [-0.05, 0) is 65.9 Å². The van der Waals surface area contributed by atoms with Gasteiger partial charge in [-0.25, -0.2) is 4.98 Å². The molecule has 0 amide bonds. The standard InChI is InChI=1S/C26H30BrN3O2/c27-19-15-16-23-29-24(25(30(23)17-19)28-20-11-5-2-6-12-20)21-13-7-8-14-22(21)32-26(31)18-9-3-1-4-10-18/h7-8,13-18,20,28H,1-6,9-12H2. The van der Waals surface area contributed by atoms with Gasteiger partial charge in [0.25, 0.3) is 0 Å². The first kappa shape index (κ1) is 21.5. The maximum absolute atomic E-state index is 12.9. The molecule has 6 heteroatoms. The number of nitrogens with zero attached hydrogens (tertiary/aromatic N) is 2. The largest absolute Gasteiger partial charge is 0.426 e. The van der Waals surface area contributed by atoms with Crippen molar-refractivity contribution in [3.05, 3.63) is 47.1 Å². The van der Waals surface area contributed by atoms with E-state index in [2.05, 4.69) is 25.6 Å². The number of para-hydroxylation sites is 1. The number of rotatable bonds is 5. The number of nitrogens with one attached hydrogen (secondary N) is 1. The lowest BCUT2D eigenvalue weighted by molar-refractivity contribution is -0.139. The van der Waals surface area contributed by atoms with Crippen LogP contribution in [0.5, 0.6) is 5.75 Å². The van der Waals surface area contributed by atoms with Crippen molar-refractivity contribution in [1.29, 1.82) is 0 Å². The van der Waals surface area contributed by atoms with E-state index in [1.807, 2.05) is 42.6 Å². The molecular weight excluding hydrogens is 466 g/mol. The Morgan fingerprint density at radius 1 is 0.969 bits per heavy atom. The Morgan fingerprint density at radius 3 is 2.47 bits per heavy atom. The van der Waals surface area contributed by atoms with Crippen LogP contribution in [-0.4, -0.2) is 21.4 Å². The molecule has 1 N–H and O–H groups in total. The van der Waals surface area contributed by atoms with Gasteiger partial charge in [-0.3, -0.25) is 9.20 Å². The minimum absolute atomic E-state index is 0.00802. The summed E-state index contributed by atoms with van der Waals surface area (Å²) in [4.78, 5) is 17.9. The molecule has 2 saturated carbocycles. The Kier molecular flexibility index (Phi) is 6.49. The van der Waals surface area contributed by atoms with Gasteiger partial charge in [0.2, 0.25) is 0 Å². The van der Waals surface area contributed by atoms with Crippen LogP contribution in [0.15, 0.2) is 47.1 Å². The molecule has 168 valence electrons. The van der Waals surface area contributed by atoms with E-state index in [1.165, 1.54) is 38.5 Å². The molecule has 0 radical (unpaired) electrons. The minimum Gasteiger partial charge on any atom is -0.426 e. The zero-order valence-electron chi connectivity index (χ0n) is 18.4. The highest BCUT2D eigenvalue weighted by Crippen LogP contribution is 2.38. The fourth-order valence-corrected chi connectivity index (χ4v) is 5.40. The third kappa shape index (κ3) is 4.56. The summed E-state index contributed by atoms with van der Waals surface area (Å²) in [5, 5.41) is 3.78. The number of pyridine rings is 1. The summed E-state index contributed by atoms with van der Waals surface area (Å²) in [5.74, 6) is 1.46. The molecule has 5 rings (SSSR count). The highest BCUT2D eigenvalue weighted by molar-refractivity contribution is 9.10. The van der Waals surface area contributed by atoms with Crippen LogP contribution in [0.4, 0.5) is 5.82 Å². The predicted octanol–water partition coefficient (Wildman–Crippen LogP) is 6.99. The molecule has 0 aliphatic heterocycles. The molecule has 0 spiro atoms. The van der Waals surface area contributed by atoms with Gasteiger partial charge in [0.15, 0.2) is 0 Å². The van der Waals surface area contributed by atoms with Crippen molar-refractivity contribution in [2.75, 3.05) is 5.32 Å². The monoisotopic (exact) mass is 495 g/mol. The quantitative estimate of drug-likeness (QED) is 0.306. The van der Waals surface area contributed by atoms with Gasteiger partial charge in [0.1, 0.15) is 22.9 Å². The molecule has 0 atom stereocenters. The predicted molar refractivity (Wildman–Crippen MR) is 131 cm³/mol. The molecular formula is C26H30BrN3O2. The number of carbonyl (C=O) groups is 1. The van der Waals surface area contributed by atoms with Crippen molar-refractivity contribution in [3.8, 4) is 17.0 Å². The Bertz CT molecular complexity index is 1100. The fraction of sp³-hybridized carbons (Fsp3) is 0.462. The number of fused-ring (bicyclic) bond motifs is 1. The van der Waals surface area contributed by atoms with E-state index in [4.69, 9.17) is 9.72 Å². The molecule has 2 aliphatic rings. The Hall–Kier alpha value is -2.34. The number of hydrogen-bond donors (Lipinski definition) is 1. The van der Waals surface area contributed by atoms with E-state index in [0.717, 1.165) is 52.9 Å². The minimum atomic E-state index is -0.106. The lowest BCUT2D eigenvalue weighted by atomic mass is 9.89. The van der Waals surface area contributed by atoms with E-state index < -0.39 is 0 Å². The lowest BCUT2D eigenvalue weighted by Gasteiger charge is -2.24. The molecule has 0 bridgehead atoms. The van der Waals surface area contributed by atoms with Crippen LogP contribution in [-0.2, 0) is 4.79 Å². The smallest absolute Gasteiger partial charge is 0.314 e. The van der Waals surface area contributed by atoms with Crippen molar-refractivity contribution < 1.29 is 9.53 Å². The second kappa shape index (κ2) is 9.65. The second-order valence-electron chi connectivity index (χ2n) is 9.12. The number of carbonyl (C=O) groups excluding carboxylic acids is 1. The fourth-order valence-electron chi connectivity index (χ4n) is 5.07. The van der Waals surface area contributed by atoms with Crippen molar-refractivity contribution >= 4 is 33.4 Å². The molecule has 2 aromatic heterocycles. The van der Waals surface area contributed by atoms with Crippen LogP contribution in [0.2, 0.25) is 0 Å². The molecule has 3 aromatic rings. The van der Waals surface area contributed by atoms with E-state index in [-0.39, 0.29) is 11.9 Å². The van der Waals surface area contributed by atoms with Crippen molar-refractivity contribution in [3.63, 3.8) is 0 Å². The molecule has 5 nitrogen and oxygen atoms in total. The average molecular weight is 496 g/mol. The van der Waals surface area contributed by atoms with Crippen molar-refractivity contribution in [2.45, 2.75) is 70.3 Å². The van der Waals surface area contributed by atoms with Crippen LogP contribution < -0.4 is 10.1 Å². The Morgan fingerprint density at radius 2 is 1.69 bits per heavy atom. The number of ether oxygens (including phenoxy) is 1. The summed E-state index contributed by atoms with van der Waals surface area (Å²) in [6.45, 7) is 0. The number of aromatic nitrogens is 2. The Balaban J connectivity index is 1.52. The van der Waals surface area contributed by atoms with Gasteiger partial charge >= 0.3 is 5.97 Å². The van der Waals surface area contributed by atoms with Crippen LogP contribution in [0, 0.1) is 5.92 Å². The summed E-state index contributed by atoms with van der Waals surface area (Å²) in [6.07, 6.45) is 13.5. The van der Waals surface area contributed by atoms with E-state index in [9.17, 15) is 4.79 Å². The molecule has 2 heterocycles. The third-order valence-corrected chi connectivity index (χ3v) is 7.29. The van der Waals surface area contributed by atoms with Crippen LogP contribution in [0.1, 0.15) is 64.2 Å². The summed E-state index contributed by atoms with van der Waals surface area (Å²) < 4.78 is 9.08. The number of imidazole rings is 1. The molecule has 0 saturated heterocycles. The van der Waals surface area contributed by atoms with Gasteiger partial charge in [-0.15, -0.1) is 0 Å². The van der Waals surface area contributed by atoms with Gasteiger partial charge in [0.05, 0.1) is 5.92 Å². The summed E-state index contributed by atoms with van der Waals surface area (Å²) >= 11 is 3.60. The van der Waals surface area contributed by atoms with Crippen molar-refractivity contribution in [2.24, 2.45) is 5.92 Å². The van der Waals surface area contributed by atoms with Crippen LogP contribution >= 0.6 is 15.9 Å². The van der Waals surface area contributed by atoms with Crippen LogP contribution in [0.25, 0.3) is 16.9 Å². The first-order chi connectivity index (χ1) is 15.7. The molecule has 2 aliphatic carbocycles. The third-order valence-electron chi connectivity index (χ3n) is 6.82.